The van der Waals surface area contributed by atoms with Gasteiger partial charge in [0.05, 0.1) is 12.2 Å². The summed E-state index contributed by atoms with van der Waals surface area (Å²) in [5.74, 6) is 0.868. The van der Waals surface area contributed by atoms with E-state index in [0.29, 0.717) is 13.0 Å². The van der Waals surface area contributed by atoms with Crippen molar-refractivity contribution in [1.82, 2.24) is 0 Å². The summed E-state index contributed by atoms with van der Waals surface area (Å²) in [5, 5.41) is 4.97. The first-order valence-electron chi connectivity index (χ1n) is 7.02. The van der Waals surface area contributed by atoms with E-state index in [9.17, 15) is 4.79 Å². The molecular formula is C16H18N2O2S. The average Bonchev–Trinajstić information content (AvgIpc) is 2.99. The highest BCUT2D eigenvalue weighted by molar-refractivity contribution is 7.09. The van der Waals surface area contributed by atoms with Crippen LogP contribution in [0.5, 0.6) is 5.75 Å². The van der Waals surface area contributed by atoms with Crippen molar-refractivity contribution in [2.24, 2.45) is 0 Å². The second-order valence-corrected chi connectivity index (χ2v) is 6.11. The smallest absolute Gasteiger partial charge is 0.224 e. The lowest BCUT2D eigenvalue weighted by Gasteiger charge is -2.27. The monoisotopic (exact) mass is 302 g/mol. The maximum Gasteiger partial charge on any atom is 0.224 e. The van der Waals surface area contributed by atoms with Crippen LogP contribution in [0.25, 0.3) is 0 Å². The zero-order chi connectivity index (χ0) is 14.7. The van der Waals surface area contributed by atoms with Gasteiger partial charge in [0.15, 0.2) is 0 Å². The predicted octanol–water partition coefficient (Wildman–Crippen LogP) is 3.15. The first-order valence-corrected chi connectivity index (χ1v) is 7.90. The molecule has 4 nitrogen and oxygen atoms in total. The van der Waals surface area contributed by atoms with Crippen LogP contribution in [0, 0.1) is 0 Å². The standard InChI is InChI=1S/C16H18N2O2S/c1-18-8-9-20-15-11-12(4-6-14(15)18)17-16(19)7-5-13-3-2-10-21-13/h2-4,6,10-11H,5,7-9H2,1H3,(H,17,19). The van der Waals surface area contributed by atoms with Crippen molar-refractivity contribution in [3.63, 3.8) is 0 Å². The van der Waals surface area contributed by atoms with E-state index in [-0.39, 0.29) is 5.91 Å². The fourth-order valence-corrected chi connectivity index (χ4v) is 3.06. The van der Waals surface area contributed by atoms with Gasteiger partial charge in [-0.15, -0.1) is 11.3 Å². The molecule has 0 bridgehead atoms. The Kier molecular flexibility index (Phi) is 4.10. The molecule has 0 fully saturated rings. The Morgan fingerprint density at radius 1 is 1.43 bits per heavy atom. The fraction of sp³-hybridized carbons (Fsp3) is 0.312. The molecule has 1 aliphatic rings. The summed E-state index contributed by atoms with van der Waals surface area (Å²) >= 11 is 1.68. The molecule has 5 heteroatoms. The maximum absolute atomic E-state index is 12.0. The Balaban J connectivity index is 1.61. The predicted molar refractivity (Wildman–Crippen MR) is 86.5 cm³/mol. The van der Waals surface area contributed by atoms with Crippen molar-refractivity contribution >= 4 is 28.6 Å². The van der Waals surface area contributed by atoms with Gasteiger partial charge in [-0.2, -0.15) is 0 Å². The van der Waals surface area contributed by atoms with Gasteiger partial charge in [0, 0.05) is 30.1 Å². The van der Waals surface area contributed by atoms with Gasteiger partial charge in [0.25, 0.3) is 0 Å². The number of aryl methyl sites for hydroxylation is 1. The number of nitrogens with zero attached hydrogens (tertiary/aromatic N) is 1. The summed E-state index contributed by atoms with van der Waals surface area (Å²) < 4.78 is 5.64. The van der Waals surface area contributed by atoms with Crippen molar-refractivity contribution < 1.29 is 9.53 Å². The molecule has 0 saturated carbocycles. The molecule has 0 unspecified atom stereocenters. The third kappa shape index (κ3) is 3.36. The number of anilines is 2. The summed E-state index contributed by atoms with van der Waals surface area (Å²) in [5.41, 5.74) is 1.86. The number of carbonyl (C=O) groups is 1. The van der Waals surface area contributed by atoms with Crippen LogP contribution < -0.4 is 15.0 Å². The molecule has 2 heterocycles. The Bertz CT molecular complexity index is 625. The molecule has 1 N–H and O–H groups in total. The molecule has 1 aliphatic heterocycles. The molecule has 3 rings (SSSR count). The van der Waals surface area contributed by atoms with Crippen LogP contribution in [0.1, 0.15) is 11.3 Å². The van der Waals surface area contributed by atoms with Gasteiger partial charge in [-0.1, -0.05) is 6.07 Å². The Morgan fingerprint density at radius 2 is 2.33 bits per heavy atom. The first kappa shape index (κ1) is 13.9. The van der Waals surface area contributed by atoms with Crippen molar-refractivity contribution in [3.8, 4) is 5.75 Å². The number of ether oxygens (including phenoxy) is 1. The molecule has 0 saturated heterocycles. The van der Waals surface area contributed by atoms with E-state index in [1.165, 1.54) is 4.88 Å². The number of thiophene rings is 1. The Hall–Kier alpha value is -2.01. The molecule has 0 radical (unpaired) electrons. The molecule has 21 heavy (non-hydrogen) atoms. The number of rotatable bonds is 4. The highest BCUT2D eigenvalue weighted by Gasteiger charge is 2.15. The van der Waals surface area contributed by atoms with E-state index >= 15 is 0 Å². The highest BCUT2D eigenvalue weighted by atomic mass is 32.1. The highest BCUT2D eigenvalue weighted by Crippen LogP contribution is 2.33. The number of hydrogen-bond donors (Lipinski definition) is 1. The lowest BCUT2D eigenvalue weighted by Crippen LogP contribution is -2.28. The van der Waals surface area contributed by atoms with Crippen LogP contribution in [0.2, 0.25) is 0 Å². The molecule has 1 aromatic carbocycles. The second-order valence-electron chi connectivity index (χ2n) is 5.08. The minimum Gasteiger partial charge on any atom is -0.489 e. The number of hydrogen-bond acceptors (Lipinski definition) is 4. The van der Waals surface area contributed by atoms with Crippen LogP contribution in [0.15, 0.2) is 35.7 Å². The van der Waals surface area contributed by atoms with Gasteiger partial charge in [-0.3, -0.25) is 4.79 Å². The molecular weight excluding hydrogens is 284 g/mol. The third-order valence-electron chi connectivity index (χ3n) is 3.52. The van der Waals surface area contributed by atoms with Gasteiger partial charge in [0.2, 0.25) is 5.91 Å². The van der Waals surface area contributed by atoms with Gasteiger partial charge in [-0.05, 0) is 30.0 Å². The maximum atomic E-state index is 12.0. The number of benzene rings is 1. The van der Waals surface area contributed by atoms with Crippen molar-refractivity contribution in [2.45, 2.75) is 12.8 Å². The first-order chi connectivity index (χ1) is 10.2. The zero-order valence-electron chi connectivity index (χ0n) is 12.0. The lowest BCUT2D eigenvalue weighted by atomic mass is 10.2. The Labute approximate surface area is 128 Å². The van der Waals surface area contributed by atoms with Crippen molar-refractivity contribution in [2.75, 3.05) is 30.4 Å². The summed E-state index contributed by atoms with van der Waals surface area (Å²) in [6.07, 6.45) is 1.28. The molecule has 0 spiro atoms. The summed E-state index contributed by atoms with van der Waals surface area (Å²) in [6.45, 7) is 1.57. The van der Waals surface area contributed by atoms with Gasteiger partial charge in [0.1, 0.15) is 12.4 Å². The summed E-state index contributed by atoms with van der Waals surface area (Å²) in [6, 6.07) is 9.88. The third-order valence-corrected chi connectivity index (χ3v) is 4.45. The van der Waals surface area contributed by atoms with Crippen molar-refractivity contribution in [1.29, 1.82) is 0 Å². The number of likely N-dealkylation sites (N-methyl/N-ethyl adjacent to an activating group) is 1. The van der Waals surface area contributed by atoms with Gasteiger partial charge in [-0.25, -0.2) is 0 Å². The minimum atomic E-state index is 0.0347. The summed E-state index contributed by atoms with van der Waals surface area (Å²) in [7, 11) is 2.04. The normalized spacial score (nSPS) is 13.5. The molecule has 0 aliphatic carbocycles. The average molecular weight is 302 g/mol. The molecule has 0 atom stereocenters. The quantitative estimate of drug-likeness (QED) is 0.943. The molecule has 1 aromatic heterocycles. The van der Waals surface area contributed by atoms with Crippen LogP contribution in [-0.4, -0.2) is 26.1 Å². The van der Waals surface area contributed by atoms with Gasteiger partial charge < -0.3 is 15.0 Å². The number of amides is 1. The van der Waals surface area contributed by atoms with E-state index < -0.39 is 0 Å². The van der Waals surface area contributed by atoms with Crippen LogP contribution >= 0.6 is 11.3 Å². The second kappa shape index (κ2) is 6.18. The van der Waals surface area contributed by atoms with Crippen LogP contribution in [-0.2, 0) is 11.2 Å². The molecule has 110 valence electrons. The molecule has 1 amide bonds. The topological polar surface area (TPSA) is 41.6 Å². The summed E-state index contributed by atoms with van der Waals surface area (Å²) in [4.78, 5) is 15.4. The van der Waals surface area contributed by atoms with E-state index in [4.69, 9.17) is 4.74 Å². The number of nitrogens with one attached hydrogen (secondary N) is 1. The van der Waals surface area contributed by atoms with E-state index in [0.717, 1.165) is 30.1 Å². The minimum absolute atomic E-state index is 0.0347. The SMILES string of the molecule is CN1CCOc2cc(NC(=O)CCc3cccs3)ccc21. The largest absolute Gasteiger partial charge is 0.489 e. The van der Waals surface area contributed by atoms with Crippen LogP contribution in [0.3, 0.4) is 0 Å². The number of carbonyl (C=O) groups excluding carboxylic acids is 1. The Morgan fingerprint density at radius 3 is 3.14 bits per heavy atom. The molecule has 2 aromatic rings. The van der Waals surface area contributed by atoms with E-state index in [1.807, 2.05) is 36.7 Å². The lowest BCUT2D eigenvalue weighted by molar-refractivity contribution is -0.116. The van der Waals surface area contributed by atoms with Crippen molar-refractivity contribution in [3.05, 3.63) is 40.6 Å². The fourth-order valence-electron chi connectivity index (χ4n) is 2.35. The van der Waals surface area contributed by atoms with E-state index in [1.54, 1.807) is 11.3 Å². The van der Waals surface area contributed by atoms with Crippen LogP contribution in [0.4, 0.5) is 11.4 Å². The number of fused-ring (bicyclic) bond motifs is 1. The zero-order valence-corrected chi connectivity index (χ0v) is 12.8. The van der Waals surface area contributed by atoms with Gasteiger partial charge >= 0.3 is 0 Å². The van der Waals surface area contributed by atoms with E-state index in [2.05, 4.69) is 16.3 Å².